The summed E-state index contributed by atoms with van der Waals surface area (Å²) in [6, 6.07) is 0.692. The van der Waals surface area contributed by atoms with E-state index in [0.717, 1.165) is 6.54 Å². The van der Waals surface area contributed by atoms with Crippen molar-refractivity contribution in [2.45, 2.75) is 66.3 Å². The van der Waals surface area contributed by atoms with Gasteiger partial charge in [-0.3, -0.25) is 9.59 Å². The van der Waals surface area contributed by atoms with Gasteiger partial charge in [-0.15, -0.1) is 0 Å². The zero-order chi connectivity index (χ0) is 16.7. The second kappa shape index (κ2) is 8.64. The van der Waals surface area contributed by atoms with Crippen LogP contribution in [0.5, 0.6) is 0 Å². The minimum Gasteiger partial charge on any atom is -0.319 e. The predicted molar refractivity (Wildman–Crippen MR) is 88.5 cm³/mol. The zero-order valence-corrected chi connectivity index (χ0v) is 14.9. The Balaban J connectivity index is 0.000000486. The third kappa shape index (κ3) is 8.99. The maximum absolute atomic E-state index is 10.0. The summed E-state index contributed by atoms with van der Waals surface area (Å²) in [5.74, 6) is -0.125. The van der Waals surface area contributed by atoms with Gasteiger partial charge in [0.2, 0.25) is 0 Å². The van der Waals surface area contributed by atoms with Crippen LogP contribution in [0, 0.1) is 10.8 Å². The molecule has 1 fully saturated rings. The number of hydrogen-bond acceptors (Lipinski definition) is 4. The molecule has 2 atom stereocenters. The fourth-order valence-electron chi connectivity index (χ4n) is 3.75. The Labute approximate surface area is 130 Å². The van der Waals surface area contributed by atoms with Gasteiger partial charge in [0.15, 0.2) is 0 Å². The van der Waals surface area contributed by atoms with E-state index < -0.39 is 0 Å². The first-order valence-corrected chi connectivity index (χ1v) is 7.84. The first-order valence-electron chi connectivity index (χ1n) is 7.84. The van der Waals surface area contributed by atoms with Gasteiger partial charge in [0.25, 0.3) is 0 Å². The topological polar surface area (TPSA) is 58.2 Å². The molecule has 4 nitrogen and oxygen atoms in total. The molecule has 2 unspecified atom stereocenters. The number of Topliss-reactive ketones (excluding diaryl/α,β-unsaturated/α-hetero) is 2. The molecule has 0 bridgehead atoms. The summed E-state index contributed by atoms with van der Waals surface area (Å²) in [7, 11) is 4.15. The van der Waals surface area contributed by atoms with E-state index in [2.05, 4.69) is 45.5 Å². The Hall–Kier alpha value is -0.740. The van der Waals surface area contributed by atoms with Crippen molar-refractivity contribution in [2.75, 3.05) is 20.6 Å². The third-order valence-corrected chi connectivity index (χ3v) is 3.95. The molecule has 0 heterocycles. The van der Waals surface area contributed by atoms with Gasteiger partial charge in [-0.05, 0) is 58.0 Å². The molecule has 0 aliphatic heterocycles. The lowest BCUT2D eigenvalue weighted by molar-refractivity contribution is -0.124. The lowest BCUT2D eigenvalue weighted by Gasteiger charge is -2.46. The third-order valence-electron chi connectivity index (χ3n) is 3.95. The summed E-state index contributed by atoms with van der Waals surface area (Å²) in [5, 5.41) is 6.78. The van der Waals surface area contributed by atoms with Crippen molar-refractivity contribution >= 4 is 11.6 Å². The number of carbonyl (C=O) groups excluding carboxylic acids is 2. The van der Waals surface area contributed by atoms with Crippen molar-refractivity contribution in [1.29, 1.82) is 0 Å². The molecule has 0 aromatic rings. The average Bonchev–Trinajstić information content (AvgIpc) is 2.24. The monoisotopic (exact) mass is 298 g/mol. The average molecular weight is 298 g/mol. The highest BCUT2D eigenvalue weighted by Crippen LogP contribution is 2.45. The van der Waals surface area contributed by atoms with Gasteiger partial charge in [0.1, 0.15) is 11.6 Å². The van der Waals surface area contributed by atoms with Gasteiger partial charge in [0.05, 0.1) is 6.42 Å². The predicted octanol–water partition coefficient (Wildman–Crippen LogP) is 2.56. The standard InChI is InChI=1S/C12H26N2.C5H8O2/c1-11(2)6-10(14-5)7-12(3,8-11)9-13-4;1-4(6)3-5(2)7/h10,13-14H,6-9H2,1-5H3;3H2,1-2H3. The fraction of sp³-hybridized carbons (Fsp3) is 0.882. The van der Waals surface area contributed by atoms with Crippen molar-refractivity contribution in [1.82, 2.24) is 10.6 Å². The summed E-state index contributed by atoms with van der Waals surface area (Å²) in [6.07, 6.45) is 4.02. The second-order valence-corrected chi connectivity index (χ2v) is 7.66. The van der Waals surface area contributed by atoms with Crippen LogP contribution in [0.25, 0.3) is 0 Å². The lowest BCUT2D eigenvalue weighted by Crippen LogP contribution is -2.47. The van der Waals surface area contributed by atoms with Gasteiger partial charge in [-0.2, -0.15) is 0 Å². The highest BCUT2D eigenvalue weighted by Gasteiger charge is 2.40. The van der Waals surface area contributed by atoms with Crippen molar-refractivity contribution < 1.29 is 9.59 Å². The van der Waals surface area contributed by atoms with E-state index in [9.17, 15) is 9.59 Å². The molecule has 124 valence electrons. The molecular weight excluding hydrogens is 264 g/mol. The van der Waals surface area contributed by atoms with Crippen LogP contribution in [0.4, 0.5) is 0 Å². The van der Waals surface area contributed by atoms with E-state index in [1.54, 1.807) is 0 Å². The number of ketones is 2. The largest absolute Gasteiger partial charge is 0.319 e. The highest BCUT2D eigenvalue weighted by atomic mass is 16.1. The lowest BCUT2D eigenvalue weighted by atomic mass is 9.62. The molecule has 1 aliphatic carbocycles. The van der Waals surface area contributed by atoms with Crippen LogP contribution in [0.3, 0.4) is 0 Å². The fourth-order valence-corrected chi connectivity index (χ4v) is 3.75. The van der Waals surface area contributed by atoms with Crippen molar-refractivity contribution in [3.63, 3.8) is 0 Å². The Morgan fingerprint density at radius 1 is 1.05 bits per heavy atom. The van der Waals surface area contributed by atoms with Crippen molar-refractivity contribution in [3.8, 4) is 0 Å². The molecule has 0 saturated heterocycles. The first-order chi connectivity index (χ1) is 9.53. The summed E-state index contributed by atoms with van der Waals surface area (Å²) >= 11 is 0. The van der Waals surface area contributed by atoms with E-state index in [1.807, 2.05) is 0 Å². The van der Waals surface area contributed by atoms with Crippen LogP contribution in [0.15, 0.2) is 0 Å². The van der Waals surface area contributed by atoms with Gasteiger partial charge in [-0.25, -0.2) is 0 Å². The molecule has 0 aromatic carbocycles. The molecule has 0 aromatic heterocycles. The molecule has 1 rings (SSSR count). The molecular formula is C17H34N2O2. The zero-order valence-electron chi connectivity index (χ0n) is 14.9. The van der Waals surface area contributed by atoms with Gasteiger partial charge in [0, 0.05) is 12.6 Å². The van der Waals surface area contributed by atoms with Crippen molar-refractivity contribution in [3.05, 3.63) is 0 Å². The Bertz CT molecular complexity index is 341. The van der Waals surface area contributed by atoms with Crippen LogP contribution in [0.2, 0.25) is 0 Å². The number of rotatable bonds is 5. The highest BCUT2D eigenvalue weighted by molar-refractivity contribution is 5.96. The molecule has 4 heteroatoms. The summed E-state index contributed by atoms with van der Waals surface area (Å²) in [4.78, 5) is 20.1. The maximum Gasteiger partial charge on any atom is 0.137 e. The first kappa shape index (κ1) is 20.3. The Morgan fingerprint density at radius 2 is 1.57 bits per heavy atom. The van der Waals surface area contributed by atoms with E-state index in [1.165, 1.54) is 33.1 Å². The van der Waals surface area contributed by atoms with Crippen LogP contribution in [0.1, 0.15) is 60.3 Å². The molecule has 0 spiro atoms. The summed E-state index contributed by atoms with van der Waals surface area (Å²) < 4.78 is 0. The number of nitrogens with one attached hydrogen (secondary N) is 2. The minimum absolute atomic E-state index is 0.0625. The van der Waals surface area contributed by atoms with Gasteiger partial charge in [-0.1, -0.05) is 20.8 Å². The van der Waals surface area contributed by atoms with Crippen LogP contribution in [-0.4, -0.2) is 38.2 Å². The maximum atomic E-state index is 10.0. The van der Waals surface area contributed by atoms with E-state index in [0.29, 0.717) is 16.9 Å². The number of carbonyl (C=O) groups is 2. The second-order valence-electron chi connectivity index (χ2n) is 7.66. The molecule has 2 N–H and O–H groups in total. The quantitative estimate of drug-likeness (QED) is 0.766. The normalized spacial score (nSPS) is 27.5. The van der Waals surface area contributed by atoms with Crippen LogP contribution >= 0.6 is 0 Å². The molecule has 1 aliphatic rings. The molecule has 21 heavy (non-hydrogen) atoms. The molecule has 0 amide bonds. The minimum atomic E-state index is -0.0625. The van der Waals surface area contributed by atoms with E-state index in [4.69, 9.17) is 0 Å². The summed E-state index contributed by atoms with van der Waals surface area (Å²) in [5.41, 5.74) is 0.946. The van der Waals surface area contributed by atoms with Crippen molar-refractivity contribution in [2.24, 2.45) is 10.8 Å². The van der Waals surface area contributed by atoms with Gasteiger partial charge >= 0.3 is 0 Å². The van der Waals surface area contributed by atoms with E-state index >= 15 is 0 Å². The molecule has 0 radical (unpaired) electrons. The smallest absolute Gasteiger partial charge is 0.137 e. The Morgan fingerprint density at radius 3 is 1.90 bits per heavy atom. The number of hydrogen-bond donors (Lipinski definition) is 2. The Kier molecular flexibility index (Phi) is 8.34. The SMILES string of the molecule is CC(=O)CC(C)=O.CNCC1(C)CC(NC)CC(C)(C)C1. The summed E-state index contributed by atoms with van der Waals surface area (Å²) in [6.45, 7) is 11.1. The van der Waals surface area contributed by atoms with Crippen LogP contribution < -0.4 is 10.6 Å². The van der Waals surface area contributed by atoms with Gasteiger partial charge < -0.3 is 10.6 Å². The molecule has 1 saturated carbocycles. The van der Waals surface area contributed by atoms with Crippen LogP contribution in [-0.2, 0) is 9.59 Å². The van der Waals surface area contributed by atoms with E-state index in [-0.39, 0.29) is 18.0 Å².